The van der Waals surface area contributed by atoms with Crippen molar-refractivity contribution < 1.29 is 9.47 Å². The molecule has 0 aromatic heterocycles. The molecule has 0 atom stereocenters. The lowest BCUT2D eigenvalue weighted by Crippen LogP contribution is -2.03. The number of allylic oxidation sites excluding steroid dienone is 7. The van der Waals surface area contributed by atoms with Crippen molar-refractivity contribution in [3.8, 4) is 5.75 Å². The van der Waals surface area contributed by atoms with Gasteiger partial charge >= 0.3 is 0 Å². The van der Waals surface area contributed by atoms with Gasteiger partial charge < -0.3 is 9.47 Å². The van der Waals surface area contributed by atoms with Gasteiger partial charge in [-0.15, -0.1) is 0 Å². The number of hydrogen-bond donors (Lipinski definition) is 0. The molecule has 0 N–H and O–H groups in total. The maximum atomic E-state index is 5.77. The van der Waals surface area contributed by atoms with Crippen LogP contribution in [0.1, 0.15) is 30.9 Å². The van der Waals surface area contributed by atoms with Crippen LogP contribution in [-0.2, 0) is 4.74 Å². The highest BCUT2D eigenvalue weighted by Crippen LogP contribution is 2.37. The zero-order valence-electron chi connectivity index (χ0n) is 14.4. The van der Waals surface area contributed by atoms with Crippen LogP contribution in [0.4, 0.5) is 0 Å². The molecule has 0 aliphatic carbocycles. The first kappa shape index (κ1) is 17.6. The zero-order valence-corrected chi connectivity index (χ0v) is 14.4. The minimum Gasteiger partial charge on any atom is -0.501 e. The van der Waals surface area contributed by atoms with Crippen LogP contribution in [0, 0.1) is 0 Å². The summed E-state index contributed by atoms with van der Waals surface area (Å²) >= 11 is 0. The average Bonchev–Trinajstić information content (AvgIpc) is 2.61. The molecule has 1 aliphatic heterocycles. The van der Waals surface area contributed by atoms with E-state index in [1.54, 1.807) is 19.4 Å². The van der Waals surface area contributed by atoms with Crippen LogP contribution < -0.4 is 4.74 Å². The van der Waals surface area contributed by atoms with Crippen LogP contribution in [0.2, 0.25) is 0 Å². The first-order chi connectivity index (χ1) is 11.7. The van der Waals surface area contributed by atoms with E-state index in [2.05, 4.69) is 32.2 Å². The van der Waals surface area contributed by atoms with E-state index in [9.17, 15) is 0 Å². The third-order valence-electron chi connectivity index (χ3n) is 3.75. The molecule has 0 radical (unpaired) electrons. The Bertz CT molecular complexity index is 730. The van der Waals surface area contributed by atoms with Crippen LogP contribution in [0.25, 0.3) is 11.6 Å². The van der Waals surface area contributed by atoms with Crippen LogP contribution in [0.3, 0.4) is 0 Å². The molecule has 1 aromatic carbocycles. The summed E-state index contributed by atoms with van der Waals surface area (Å²) in [4.78, 5) is 0. The van der Waals surface area contributed by atoms with Gasteiger partial charge in [-0.05, 0) is 35.8 Å². The second-order valence-electron chi connectivity index (χ2n) is 5.44. The second-order valence-corrected chi connectivity index (χ2v) is 5.44. The highest BCUT2D eigenvalue weighted by Gasteiger charge is 2.18. The maximum absolute atomic E-state index is 5.77. The molecule has 124 valence electrons. The predicted octanol–water partition coefficient (Wildman–Crippen LogP) is 6.06. The van der Waals surface area contributed by atoms with Gasteiger partial charge in [0.05, 0.1) is 19.1 Å². The lowest BCUT2D eigenvalue weighted by molar-refractivity contribution is 0.283. The number of fused-ring (bicyclic) bond motifs is 1. The molecule has 24 heavy (non-hydrogen) atoms. The van der Waals surface area contributed by atoms with E-state index in [1.807, 2.05) is 36.4 Å². The van der Waals surface area contributed by atoms with Crippen molar-refractivity contribution in [2.45, 2.75) is 19.8 Å². The first-order valence-electron chi connectivity index (χ1n) is 8.07. The summed E-state index contributed by atoms with van der Waals surface area (Å²) in [7, 11) is 1.69. The molecule has 1 aliphatic rings. The van der Waals surface area contributed by atoms with E-state index in [-0.39, 0.29) is 0 Å². The molecule has 0 bridgehead atoms. The quantitative estimate of drug-likeness (QED) is 0.449. The van der Waals surface area contributed by atoms with Crippen LogP contribution >= 0.6 is 0 Å². The van der Waals surface area contributed by atoms with Gasteiger partial charge in [-0.3, -0.25) is 0 Å². The van der Waals surface area contributed by atoms with E-state index in [1.165, 1.54) is 0 Å². The van der Waals surface area contributed by atoms with Crippen molar-refractivity contribution in [1.29, 1.82) is 0 Å². The summed E-state index contributed by atoms with van der Waals surface area (Å²) in [5.74, 6) is 1.70. The van der Waals surface area contributed by atoms with E-state index in [0.717, 1.165) is 40.2 Å². The molecule has 0 saturated heterocycles. The summed E-state index contributed by atoms with van der Waals surface area (Å²) in [5.41, 5.74) is 4.09. The van der Waals surface area contributed by atoms with E-state index < -0.39 is 0 Å². The van der Waals surface area contributed by atoms with Crippen molar-refractivity contribution in [3.63, 3.8) is 0 Å². The minimum atomic E-state index is 0.648. The zero-order chi connectivity index (χ0) is 17.4. The Morgan fingerprint density at radius 2 is 2.12 bits per heavy atom. The number of benzene rings is 1. The van der Waals surface area contributed by atoms with E-state index >= 15 is 0 Å². The first-order valence-corrected chi connectivity index (χ1v) is 8.07. The summed E-state index contributed by atoms with van der Waals surface area (Å²) in [6, 6.07) is 6.06. The van der Waals surface area contributed by atoms with E-state index in [4.69, 9.17) is 9.47 Å². The lowest BCUT2D eigenvalue weighted by Gasteiger charge is -2.21. The Kier molecular flexibility index (Phi) is 6.44. The average molecular weight is 320 g/mol. The highest BCUT2D eigenvalue weighted by molar-refractivity contribution is 5.83. The topological polar surface area (TPSA) is 18.5 Å². The molecule has 0 saturated carbocycles. The van der Waals surface area contributed by atoms with Gasteiger partial charge in [-0.2, -0.15) is 0 Å². The Hall–Kier alpha value is -2.74. The molecular weight excluding hydrogens is 296 g/mol. The number of methoxy groups -OCH3 is 1. The van der Waals surface area contributed by atoms with Crippen molar-refractivity contribution in [1.82, 2.24) is 0 Å². The van der Waals surface area contributed by atoms with Crippen molar-refractivity contribution in [3.05, 3.63) is 90.5 Å². The fourth-order valence-corrected chi connectivity index (χ4v) is 2.39. The van der Waals surface area contributed by atoms with Gasteiger partial charge in [0.15, 0.2) is 0 Å². The molecule has 2 heteroatoms. The molecule has 1 heterocycles. The normalized spacial score (nSPS) is 14.5. The smallest absolute Gasteiger partial charge is 0.134 e. The third kappa shape index (κ3) is 4.39. The van der Waals surface area contributed by atoms with Crippen molar-refractivity contribution >= 4 is 11.6 Å². The predicted molar refractivity (Wildman–Crippen MR) is 103 cm³/mol. The minimum absolute atomic E-state index is 0.648. The Balaban J connectivity index is 2.22. The van der Waals surface area contributed by atoms with Gasteiger partial charge in [-0.25, -0.2) is 0 Å². The second kappa shape index (κ2) is 8.78. The van der Waals surface area contributed by atoms with Crippen LogP contribution in [0.15, 0.2) is 79.3 Å². The summed E-state index contributed by atoms with van der Waals surface area (Å²) in [6.07, 6.45) is 15.2. The monoisotopic (exact) mass is 320 g/mol. The maximum Gasteiger partial charge on any atom is 0.134 e. The Morgan fingerprint density at radius 3 is 2.83 bits per heavy atom. The molecule has 2 rings (SSSR count). The van der Waals surface area contributed by atoms with Crippen molar-refractivity contribution in [2.75, 3.05) is 7.11 Å². The Labute approximate surface area is 144 Å². The highest BCUT2D eigenvalue weighted by atomic mass is 16.5. The number of hydrogen-bond acceptors (Lipinski definition) is 2. The third-order valence-corrected chi connectivity index (χ3v) is 3.75. The summed E-state index contributed by atoms with van der Waals surface area (Å²) in [5, 5.41) is 0. The molecule has 0 amide bonds. The molecular formula is C22H24O2. The fourth-order valence-electron chi connectivity index (χ4n) is 2.39. The summed E-state index contributed by atoms with van der Waals surface area (Å²) in [6.45, 7) is 10.1. The summed E-state index contributed by atoms with van der Waals surface area (Å²) < 4.78 is 11.2. The Morgan fingerprint density at radius 1 is 1.29 bits per heavy atom. The van der Waals surface area contributed by atoms with Crippen molar-refractivity contribution in [2.24, 2.45) is 0 Å². The SMILES string of the molecule is C=C/C=C\c1ccc2c(c1)C(=C)C(C/C(=C\C=C/CC)OC)=CO2. The standard InChI is InChI=1S/C22H24O2/c1-5-7-9-11-20(23-4)15-19-16-24-22-13-12-18(10-8-6-2)14-21(22)17(19)3/h6-14,16H,2-3,5,15H2,1,4H3/b9-7-,10-8-,20-11+. The number of rotatable bonds is 7. The van der Waals surface area contributed by atoms with Crippen LogP contribution in [-0.4, -0.2) is 7.11 Å². The van der Waals surface area contributed by atoms with Crippen LogP contribution in [0.5, 0.6) is 5.75 Å². The van der Waals surface area contributed by atoms with Gasteiger partial charge in [0.1, 0.15) is 5.75 Å². The molecule has 0 unspecified atom stereocenters. The van der Waals surface area contributed by atoms with Gasteiger partial charge in [0.2, 0.25) is 0 Å². The van der Waals surface area contributed by atoms with Gasteiger partial charge in [0, 0.05) is 17.6 Å². The van der Waals surface area contributed by atoms with Gasteiger partial charge in [-0.1, -0.05) is 56.5 Å². The lowest BCUT2D eigenvalue weighted by atomic mass is 9.93. The van der Waals surface area contributed by atoms with E-state index in [0.29, 0.717) is 6.42 Å². The molecule has 0 spiro atoms. The number of ether oxygens (including phenoxy) is 2. The molecule has 1 aromatic rings. The fraction of sp³-hybridized carbons (Fsp3) is 0.182. The molecule has 0 fully saturated rings. The molecule has 2 nitrogen and oxygen atoms in total. The largest absolute Gasteiger partial charge is 0.501 e. The van der Waals surface area contributed by atoms with Gasteiger partial charge in [0.25, 0.3) is 0 Å².